The van der Waals surface area contributed by atoms with Crippen molar-refractivity contribution in [3.63, 3.8) is 0 Å². The zero-order chi connectivity index (χ0) is 62.4. The van der Waals surface area contributed by atoms with E-state index in [4.69, 9.17) is 37.9 Å². The molecule has 3 fully saturated rings. The van der Waals surface area contributed by atoms with Crippen LogP contribution in [0.3, 0.4) is 0 Å². The number of esters is 2. The largest absolute Gasteiger partial charge is 1.00 e. The molecule has 0 saturated carbocycles. The maximum atomic E-state index is 15.0. The standard InChI is InChI=1S/C67H104N3O14P.BrH/c1-16-55-67(11,76)61(84-64(74)68-38-30-19-17-18-20-31-39-85(51-32-24-21-25-33-51,52-34-26-22-27-35-52)53-36-28-23-29-37-53)48(6)70(14)43-44(2)41-65(9,75)60(83-63-58(80-50(8)71)54(69(12)13)40-45(3)78-63)46(4)57(47(5)62(73)81-55)82-56-42-66(10,77-15)59(72)49(7)79-56;/h21-29,32-37,44-49,54-61,63,72,75-76H,16-20,30-31,38-43H2,1-15H3;1H/t44-,45-,46+,47-,48-,49+,54+,55-,56+,57+,58-,59+,60-,61-,63+,65-,66-,67-;/m1./s1. The molecule has 0 aliphatic carbocycles. The molecule has 3 saturated heterocycles. The Kier molecular flexibility index (Phi) is 28.0. The molecule has 6 rings (SSSR count). The number of nitrogens with zero attached hydrogens (tertiary/aromatic N) is 2. The van der Waals surface area contributed by atoms with Gasteiger partial charge in [0, 0.05) is 45.5 Å². The van der Waals surface area contributed by atoms with E-state index in [0.29, 0.717) is 19.5 Å². The quantitative estimate of drug-likeness (QED) is 0.0447. The maximum Gasteiger partial charge on any atom is 0.407 e. The summed E-state index contributed by atoms with van der Waals surface area (Å²) in [6, 6.07) is 32.0. The van der Waals surface area contributed by atoms with Crippen LogP contribution in [-0.2, 0) is 47.5 Å². The van der Waals surface area contributed by atoms with Gasteiger partial charge < -0.3 is 80.4 Å². The van der Waals surface area contributed by atoms with Gasteiger partial charge in [-0.25, -0.2) is 4.79 Å². The number of halogens is 1. The lowest BCUT2D eigenvalue weighted by Gasteiger charge is -2.49. The number of carbonyl (C=O) groups excluding carboxylic acids is 3. The molecule has 3 aliphatic rings. The Labute approximate surface area is 525 Å². The van der Waals surface area contributed by atoms with Crippen molar-refractivity contribution in [3.8, 4) is 0 Å². The average molecular weight is 1290 g/mol. The summed E-state index contributed by atoms with van der Waals surface area (Å²) in [4.78, 5) is 45.7. The number of hydrogen-bond acceptors (Lipinski definition) is 16. The van der Waals surface area contributed by atoms with Gasteiger partial charge in [0.05, 0.1) is 53.7 Å². The topological polar surface area (TPSA) is 204 Å². The highest BCUT2D eigenvalue weighted by atomic mass is 79.9. The van der Waals surface area contributed by atoms with Crippen molar-refractivity contribution in [2.45, 2.75) is 231 Å². The second kappa shape index (κ2) is 32.9. The molecule has 3 aliphatic heterocycles. The van der Waals surface area contributed by atoms with Gasteiger partial charge in [-0.3, -0.25) is 14.5 Å². The van der Waals surface area contributed by atoms with E-state index in [1.54, 1.807) is 41.5 Å². The summed E-state index contributed by atoms with van der Waals surface area (Å²) in [7, 11) is 5.28. The number of aliphatic hydroxyl groups excluding tert-OH is 1. The highest BCUT2D eigenvalue weighted by Crippen LogP contribution is 2.56. The van der Waals surface area contributed by atoms with Gasteiger partial charge in [0.15, 0.2) is 24.8 Å². The molecule has 3 heterocycles. The average Bonchev–Trinajstić information content (AvgIpc) is 2.08. The molecule has 0 unspecified atom stereocenters. The van der Waals surface area contributed by atoms with Gasteiger partial charge >= 0.3 is 18.0 Å². The lowest BCUT2D eigenvalue weighted by atomic mass is 9.77. The monoisotopic (exact) mass is 1290 g/mol. The number of aliphatic hydroxyl groups is 3. The maximum absolute atomic E-state index is 15.0. The van der Waals surface area contributed by atoms with Crippen molar-refractivity contribution in [1.29, 1.82) is 0 Å². The van der Waals surface area contributed by atoms with Crippen LogP contribution in [0.1, 0.15) is 140 Å². The van der Waals surface area contributed by atoms with E-state index in [1.165, 1.54) is 29.9 Å². The molecule has 0 spiro atoms. The van der Waals surface area contributed by atoms with Crippen molar-refractivity contribution in [2.24, 2.45) is 17.8 Å². The Balaban J connectivity index is 0.0000135. The third-order valence-corrected chi connectivity index (χ3v) is 23.0. The van der Waals surface area contributed by atoms with Crippen LogP contribution in [0.4, 0.5) is 4.79 Å². The first-order chi connectivity index (χ1) is 40.2. The summed E-state index contributed by atoms with van der Waals surface area (Å²) in [5.74, 6) is -3.45. The Hall–Kier alpha value is -3.62. The fourth-order valence-electron chi connectivity index (χ4n) is 13.7. The number of benzene rings is 3. The zero-order valence-corrected chi connectivity index (χ0v) is 56.5. The predicted octanol–water partition coefficient (Wildman–Crippen LogP) is 5.54. The molecule has 0 aromatic heterocycles. The summed E-state index contributed by atoms with van der Waals surface area (Å²) in [6.45, 7) is 19.9. The summed E-state index contributed by atoms with van der Waals surface area (Å²) in [5.41, 5.74) is -4.67. The second-order valence-corrected chi connectivity index (χ2v) is 29.3. The van der Waals surface area contributed by atoms with Crippen molar-refractivity contribution in [1.82, 2.24) is 15.1 Å². The van der Waals surface area contributed by atoms with Crippen LogP contribution in [0.2, 0.25) is 0 Å². The lowest BCUT2D eigenvalue weighted by Crippen LogP contribution is -3.00. The van der Waals surface area contributed by atoms with Gasteiger partial charge in [-0.15, -0.1) is 0 Å². The summed E-state index contributed by atoms with van der Waals surface area (Å²) >= 11 is 0. The number of likely N-dealkylation sites (N-methyl/N-ethyl adjacent to an activating group) is 2. The van der Waals surface area contributed by atoms with Crippen LogP contribution < -0.4 is 38.2 Å². The number of hydrogen-bond donors (Lipinski definition) is 4. The van der Waals surface area contributed by atoms with Gasteiger partial charge in [0.25, 0.3) is 0 Å². The van der Waals surface area contributed by atoms with Gasteiger partial charge in [-0.2, -0.15) is 0 Å². The van der Waals surface area contributed by atoms with Crippen LogP contribution in [0.25, 0.3) is 0 Å². The van der Waals surface area contributed by atoms with Crippen molar-refractivity contribution >= 4 is 41.2 Å². The molecule has 86 heavy (non-hydrogen) atoms. The summed E-state index contributed by atoms with van der Waals surface area (Å²) in [5, 5.41) is 44.2. The van der Waals surface area contributed by atoms with Crippen LogP contribution in [0.15, 0.2) is 91.0 Å². The van der Waals surface area contributed by atoms with Crippen molar-refractivity contribution in [2.75, 3.05) is 47.5 Å². The Morgan fingerprint density at radius 1 is 0.767 bits per heavy atom. The fourth-order valence-corrected chi connectivity index (χ4v) is 18.1. The first-order valence-electron chi connectivity index (χ1n) is 31.2. The van der Waals surface area contributed by atoms with E-state index >= 15 is 0 Å². The van der Waals surface area contributed by atoms with E-state index in [1.807, 2.05) is 58.6 Å². The number of methoxy groups -OCH3 is 1. The zero-order valence-electron chi connectivity index (χ0n) is 54.1. The molecule has 17 nitrogen and oxygen atoms in total. The third kappa shape index (κ3) is 18.3. The molecule has 4 N–H and O–H groups in total. The van der Waals surface area contributed by atoms with E-state index in [-0.39, 0.29) is 54.3 Å². The Bertz CT molecular complexity index is 2420. The number of rotatable bonds is 21. The predicted molar refractivity (Wildman–Crippen MR) is 334 cm³/mol. The number of nitrogens with one attached hydrogen (secondary N) is 1. The molecular weight excluding hydrogens is 1180 g/mol. The molecular formula is C67H105BrN3O14P. The number of carbonyl (C=O) groups is 3. The molecule has 0 bridgehead atoms. The van der Waals surface area contributed by atoms with Gasteiger partial charge in [-0.1, -0.05) is 94.6 Å². The first kappa shape index (κ1) is 73.1. The third-order valence-electron chi connectivity index (χ3n) is 18.5. The molecule has 0 radical (unpaired) electrons. The number of amides is 1. The van der Waals surface area contributed by atoms with E-state index < -0.39 is 115 Å². The molecule has 19 heteroatoms. The number of cyclic esters (lactones) is 1. The van der Waals surface area contributed by atoms with Crippen LogP contribution in [0, 0.1) is 17.8 Å². The van der Waals surface area contributed by atoms with Crippen LogP contribution >= 0.6 is 7.26 Å². The molecule has 18 atom stereocenters. The number of ether oxygens (including phenoxy) is 8. The van der Waals surface area contributed by atoms with Crippen LogP contribution in [0.5, 0.6) is 0 Å². The highest BCUT2D eigenvalue weighted by Gasteiger charge is 2.54. The van der Waals surface area contributed by atoms with E-state index in [2.05, 4.69) is 96.3 Å². The number of unbranched alkanes of at least 4 members (excludes halogenated alkanes) is 5. The Morgan fingerprint density at radius 3 is 1.84 bits per heavy atom. The van der Waals surface area contributed by atoms with Gasteiger partial charge in [0.2, 0.25) is 0 Å². The smallest absolute Gasteiger partial charge is 0.407 e. The van der Waals surface area contributed by atoms with Gasteiger partial charge in [0.1, 0.15) is 41.0 Å². The minimum atomic E-state index is -1.92. The number of alkyl carbamates (subject to hydrolysis) is 1. The van der Waals surface area contributed by atoms with Crippen LogP contribution in [-0.4, -0.2) is 181 Å². The van der Waals surface area contributed by atoms with Crippen molar-refractivity contribution < 1.29 is 84.6 Å². The summed E-state index contributed by atoms with van der Waals surface area (Å²) in [6.07, 6.45) is -2.53. The minimum absolute atomic E-state index is 0. The molecule has 484 valence electrons. The summed E-state index contributed by atoms with van der Waals surface area (Å²) < 4.78 is 51.2. The minimum Gasteiger partial charge on any atom is -1.00 e. The SMILES string of the molecule is CC[C@H]1OC(=O)[C@H](C)[C@@H](O[C@H]2C[C@@](C)(OC)[C@@H](O)[C@H](C)O2)[C@H](C)[C@@H](O[C@@H]2O[C@H](C)C[C@H](N(C)C)[C@H]2OC(C)=O)[C@](C)(O)C[C@@H](C)CN(C)[C@H](C)[C@@H](OC(=O)NCCCCCCCC[P+](c2ccccc2)(c2ccccc2)c2ccccc2)[C@]1(C)O.[Br-]. The molecule has 3 aromatic carbocycles. The first-order valence-corrected chi connectivity index (χ1v) is 33.2. The Morgan fingerprint density at radius 2 is 1.31 bits per heavy atom. The fraction of sp³-hybridized carbons (Fsp3) is 0.687. The van der Waals surface area contributed by atoms with E-state index in [9.17, 15) is 29.7 Å². The molecule has 1 amide bonds. The van der Waals surface area contributed by atoms with Crippen molar-refractivity contribution in [3.05, 3.63) is 91.0 Å². The lowest BCUT2D eigenvalue weighted by molar-refractivity contribution is -0.318. The van der Waals surface area contributed by atoms with Gasteiger partial charge in [-0.05, 0) is 150 Å². The molecule has 3 aromatic rings. The second-order valence-electron chi connectivity index (χ2n) is 25.7. The highest BCUT2D eigenvalue weighted by molar-refractivity contribution is 7.95. The van der Waals surface area contributed by atoms with E-state index in [0.717, 1.165) is 44.7 Å². The normalized spacial score (nSPS) is 34.4.